The molecule has 0 bridgehead atoms. The standard InChI is InChI=1S/C14H28N2/c1-11(2)16-7-4-5-14(6-8-16)15-10-13-9-12(13)3/h11-15H,4-10H2,1-3H3. The largest absolute Gasteiger partial charge is 0.314 e. The van der Waals surface area contributed by atoms with Crippen LogP contribution in [-0.2, 0) is 0 Å². The monoisotopic (exact) mass is 224 g/mol. The van der Waals surface area contributed by atoms with Crippen LogP contribution >= 0.6 is 0 Å². The van der Waals surface area contributed by atoms with Gasteiger partial charge in [0.25, 0.3) is 0 Å². The van der Waals surface area contributed by atoms with Gasteiger partial charge >= 0.3 is 0 Å². The molecule has 0 amide bonds. The zero-order valence-corrected chi connectivity index (χ0v) is 11.2. The van der Waals surface area contributed by atoms with Crippen molar-refractivity contribution < 1.29 is 0 Å². The zero-order chi connectivity index (χ0) is 11.5. The maximum absolute atomic E-state index is 3.79. The Morgan fingerprint density at radius 3 is 2.62 bits per heavy atom. The van der Waals surface area contributed by atoms with Crippen molar-refractivity contribution in [1.29, 1.82) is 0 Å². The first kappa shape index (κ1) is 12.4. The minimum atomic E-state index is 0.724. The maximum Gasteiger partial charge on any atom is 0.00798 e. The van der Waals surface area contributed by atoms with Gasteiger partial charge in [-0.3, -0.25) is 0 Å². The minimum Gasteiger partial charge on any atom is -0.314 e. The van der Waals surface area contributed by atoms with Crippen LogP contribution in [0, 0.1) is 11.8 Å². The first-order valence-electron chi connectivity index (χ1n) is 7.14. The van der Waals surface area contributed by atoms with Gasteiger partial charge in [0.15, 0.2) is 0 Å². The predicted octanol–water partition coefficient (Wildman–Crippen LogP) is 2.49. The molecule has 94 valence electrons. The maximum atomic E-state index is 3.79. The molecule has 2 rings (SSSR count). The molecule has 2 nitrogen and oxygen atoms in total. The highest BCUT2D eigenvalue weighted by molar-refractivity contribution is 4.86. The van der Waals surface area contributed by atoms with E-state index in [1.165, 1.54) is 45.3 Å². The van der Waals surface area contributed by atoms with E-state index in [1.807, 2.05) is 0 Å². The lowest BCUT2D eigenvalue weighted by Gasteiger charge is -2.24. The summed E-state index contributed by atoms with van der Waals surface area (Å²) in [6.07, 6.45) is 5.55. The molecule has 1 aliphatic carbocycles. The molecule has 2 aliphatic rings. The zero-order valence-electron chi connectivity index (χ0n) is 11.2. The minimum absolute atomic E-state index is 0.724. The summed E-state index contributed by atoms with van der Waals surface area (Å²) in [6, 6.07) is 1.51. The van der Waals surface area contributed by atoms with Crippen molar-refractivity contribution in [3.8, 4) is 0 Å². The number of hydrogen-bond donors (Lipinski definition) is 1. The Balaban J connectivity index is 1.67. The van der Waals surface area contributed by atoms with Crippen LogP contribution in [0.1, 0.15) is 46.5 Å². The van der Waals surface area contributed by atoms with Gasteiger partial charge < -0.3 is 10.2 Å². The average Bonchev–Trinajstić information content (AvgIpc) is 2.97. The van der Waals surface area contributed by atoms with Crippen molar-refractivity contribution >= 4 is 0 Å². The lowest BCUT2D eigenvalue weighted by molar-refractivity contribution is 0.229. The molecule has 3 unspecified atom stereocenters. The van der Waals surface area contributed by atoms with Crippen LogP contribution in [-0.4, -0.2) is 36.6 Å². The van der Waals surface area contributed by atoms with Gasteiger partial charge in [-0.1, -0.05) is 6.92 Å². The van der Waals surface area contributed by atoms with Gasteiger partial charge in [-0.2, -0.15) is 0 Å². The van der Waals surface area contributed by atoms with Gasteiger partial charge in [0.05, 0.1) is 0 Å². The lowest BCUT2D eigenvalue weighted by atomic mass is 10.1. The number of likely N-dealkylation sites (tertiary alicyclic amines) is 1. The first-order valence-corrected chi connectivity index (χ1v) is 7.14. The van der Waals surface area contributed by atoms with Gasteiger partial charge in [-0.15, -0.1) is 0 Å². The molecule has 1 heterocycles. The Bertz CT molecular complexity index is 215. The number of rotatable bonds is 4. The highest BCUT2D eigenvalue weighted by atomic mass is 15.1. The molecule has 16 heavy (non-hydrogen) atoms. The van der Waals surface area contributed by atoms with Gasteiger partial charge in [-0.25, -0.2) is 0 Å². The molecule has 0 radical (unpaired) electrons. The van der Waals surface area contributed by atoms with Crippen LogP contribution in [0.3, 0.4) is 0 Å². The number of hydrogen-bond acceptors (Lipinski definition) is 2. The third-order valence-corrected chi connectivity index (χ3v) is 4.44. The summed E-state index contributed by atoms with van der Waals surface area (Å²) in [5, 5.41) is 3.79. The first-order chi connectivity index (χ1) is 7.66. The Morgan fingerprint density at radius 2 is 2.00 bits per heavy atom. The summed E-state index contributed by atoms with van der Waals surface area (Å²) < 4.78 is 0. The summed E-state index contributed by atoms with van der Waals surface area (Å²) in [7, 11) is 0. The molecular formula is C14H28N2. The Morgan fingerprint density at radius 1 is 1.25 bits per heavy atom. The number of nitrogens with one attached hydrogen (secondary N) is 1. The molecule has 0 aromatic carbocycles. The van der Waals surface area contributed by atoms with Crippen molar-refractivity contribution in [3.63, 3.8) is 0 Å². The van der Waals surface area contributed by atoms with E-state index >= 15 is 0 Å². The van der Waals surface area contributed by atoms with E-state index in [1.54, 1.807) is 0 Å². The molecule has 1 aliphatic heterocycles. The van der Waals surface area contributed by atoms with Crippen molar-refractivity contribution in [1.82, 2.24) is 10.2 Å². The smallest absolute Gasteiger partial charge is 0.00798 e. The summed E-state index contributed by atoms with van der Waals surface area (Å²) in [5.74, 6) is 1.98. The Kier molecular flexibility index (Phi) is 4.26. The molecule has 2 heteroatoms. The average molecular weight is 224 g/mol. The summed E-state index contributed by atoms with van der Waals surface area (Å²) in [4.78, 5) is 2.63. The molecular weight excluding hydrogens is 196 g/mol. The highest BCUT2D eigenvalue weighted by Gasteiger charge is 2.32. The van der Waals surface area contributed by atoms with E-state index in [4.69, 9.17) is 0 Å². The normalized spacial score (nSPS) is 36.4. The van der Waals surface area contributed by atoms with Crippen LogP contribution in [0.4, 0.5) is 0 Å². The molecule has 0 aromatic rings. The van der Waals surface area contributed by atoms with E-state index in [0.717, 1.165) is 23.9 Å². The topological polar surface area (TPSA) is 15.3 Å². The summed E-state index contributed by atoms with van der Waals surface area (Å²) >= 11 is 0. The van der Waals surface area contributed by atoms with Crippen molar-refractivity contribution in [2.75, 3.05) is 19.6 Å². The second-order valence-electron chi connectivity index (χ2n) is 6.14. The van der Waals surface area contributed by atoms with E-state index < -0.39 is 0 Å². The van der Waals surface area contributed by atoms with Crippen LogP contribution < -0.4 is 5.32 Å². The molecule has 0 spiro atoms. The van der Waals surface area contributed by atoms with E-state index in [-0.39, 0.29) is 0 Å². The Hall–Kier alpha value is -0.0800. The van der Waals surface area contributed by atoms with Gasteiger partial charge in [0, 0.05) is 12.1 Å². The highest BCUT2D eigenvalue weighted by Crippen LogP contribution is 2.37. The summed E-state index contributed by atoms with van der Waals surface area (Å²) in [6.45, 7) is 10.9. The second-order valence-corrected chi connectivity index (χ2v) is 6.14. The van der Waals surface area contributed by atoms with E-state index in [0.29, 0.717) is 0 Å². The molecule has 2 fully saturated rings. The van der Waals surface area contributed by atoms with Crippen LogP contribution in [0.25, 0.3) is 0 Å². The molecule has 0 aromatic heterocycles. The molecule has 3 atom stereocenters. The molecule has 1 N–H and O–H groups in total. The molecule has 1 saturated carbocycles. The lowest BCUT2D eigenvalue weighted by Crippen LogP contribution is -2.34. The van der Waals surface area contributed by atoms with E-state index in [2.05, 4.69) is 31.0 Å². The second kappa shape index (κ2) is 5.50. The fourth-order valence-electron chi connectivity index (χ4n) is 2.84. The SMILES string of the molecule is CC1CC1CNC1CCCN(C(C)C)CC1. The van der Waals surface area contributed by atoms with Gasteiger partial charge in [-0.05, 0) is 71.0 Å². The van der Waals surface area contributed by atoms with Crippen molar-refractivity contribution in [2.45, 2.75) is 58.5 Å². The fourth-order valence-corrected chi connectivity index (χ4v) is 2.84. The fraction of sp³-hybridized carbons (Fsp3) is 1.00. The van der Waals surface area contributed by atoms with Crippen LogP contribution in [0.2, 0.25) is 0 Å². The van der Waals surface area contributed by atoms with Crippen LogP contribution in [0.15, 0.2) is 0 Å². The van der Waals surface area contributed by atoms with Crippen LogP contribution in [0.5, 0.6) is 0 Å². The van der Waals surface area contributed by atoms with Gasteiger partial charge in [0.1, 0.15) is 0 Å². The van der Waals surface area contributed by atoms with Crippen molar-refractivity contribution in [3.05, 3.63) is 0 Å². The molecule has 1 saturated heterocycles. The third-order valence-electron chi connectivity index (χ3n) is 4.44. The van der Waals surface area contributed by atoms with E-state index in [9.17, 15) is 0 Å². The van der Waals surface area contributed by atoms with Gasteiger partial charge in [0.2, 0.25) is 0 Å². The summed E-state index contributed by atoms with van der Waals surface area (Å²) in [5.41, 5.74) is 0. The predicted molar refractivity (Wildman–Crippen MR) is 69.6 cm³/mol. The third kappa shape index (κ3) is 3.46. The Labute approximate surface area is 101 Å². The van der Waals surface area contributed by atoms with Crippen molar-refractivity contribution in [2.24, 2.45) is 11.8 Å². The number of nitrogens with zero attached hydrogens (tertiary/aromatic N) is 1. The quantitative estimate of drug-likeness (QED) is 0.789.